The lowest BCUT2D eigenvalue weighted by Crippen LogP contribution is -1.91. The van der Waals surface area contributed by atoms with E-state index in [1.165, 1.54) is 25.3 Å². The molecule has 1 rings (SSSR count). The first-order chi connectivity index (χ1) is 5.77. The van der Waals surface area contributed by atoms with Gasteiger partial charge in [-0.25, -0.2) is 4.39 Å². The summed E-state index contributed by atoms with van der Waals surface area (Å²) >= 11 is 0. The Morgan fingerprint density at radius 3 is 2.92 bits per heavy atom. The minimum atomic E-state index is -0.397. The van der Waals surface area contributed by atoms with E-state index in [4.69, 9.17) is 9.94 Å². The summed E-state index contributed by atoms with van der Waals surface area (Å²) in [6.07, 6.45) is 1.11. The highest BCUT2D eigenvalue weighted by Gasteiger charge is 2.01. The molecule has 0 aliphatic carbocycles. The van der Waals surface area contributed by atoms with Gasteiger partial charge in [0.1, 0.15) is 11.6 Å². The molecule has 0 radical (unpaired) electrons. The molecule has 0 aliphatic heterocycles. The molecule has 0 aliphatic rings. The summed E-state index contributed by atoms with van der Waals surface area (Å²) in [7, 11) is 1.46. The van der Waals surface area contributed by atoms with E-state index in [-0.39, 0.29) is 0 Å². The zero-order valence-corrected chi connectivity index (χ0v) is 6.49. The number of hydrogen-bond donors (Lipinski definition) is 1. The second kappa shape index (κ2) is 3.71. The normalized spacial score (nSPS) is 10.5. The number of rotatable bonds is 2. The van der Waals surface area contributed by atoms with Gasteiger partial charge < -0.3 is 9.94 Å². The van der Waals surface area contributed by atoms with Gasteiger partial charge in [0.05, 0.1) is 13.3 Å². The lowest BCUT2D eigenvalue weighted by atomic mass is 10.2. The average molecular weight is 169 g/mol. The molecule has 4 heteroatoms. The van der Waals surface area contributed by atoms with Gasteiger partial charge in [0.25, 0.3) is 0 Å². The van der Waals surface area contributed by atoms with Crippen LogP contribution in [0.25, 0.3) is 0 Å². The second-order valence-corrected chi connectivity index (χ2v) is 2.13. The van der Waals surface area contributed by atoms with Crippen molar-refractivity contribution in [2.45, 2.75) is 0 Å². The molecule has 0 fully saturated rings. The number of ether oxygens (including phenoxy) is 1. The quantitative estimate of drug-likeness (QED) is 0.415. The minimum Gasteiger partial charge on any atom is -0.496 e. The van der Waals surface area contributed by atoms with Crippen LogP contribution in [-0.2, 0) is 0 Å². The predicted molar refractivity (Wildman–Crippen MR) is 42.3 cm³/mol. The van der Waals surface area contributed by atoms with E-state index in [1.54, 1.807) is 0 Å². The molecule has 0 aromatic heterocycles. The molecule has 1 aromatic rings. The van der Waals surface area contributed by atoms with E-state index in [9.17, 15) is 4.39 Å². The Kier molecular flexibility index (Phi) is 2.63. The topological polar surface area (TPSA) is 41.8 Å². The van der Waals surface area contributed by atoms with Crippen LogP contribution in [0.4, 0.5) is 4.39 Å². The Hall–Kier alpha value is -1.58. The lowest BCUT2D eigenvalue weighted by Gasteiger charge is -2.02. The van der Waals surface area contributed by atoms with Gasteiger partial charge in [-0.15, -0.1) is 0 Å². The fourth-order valence-electron chi connectivity index (χ4n) is 0.868. The minimum absolute atomic E-state index is 0.397. The van der Waals surface area contributed by atoms with Crippen molar-refractivity contribution in [2.24, 2.45) is 5.16 Å². The molecule has 0 spiro atoms. The lowest BCUT2D eigenvalue weighted by molar-refractivity contribution is 0.321. The third-order valence-electron chi connectivity index (χ3n) is 1.39. The van der Waals surface area contributed by atoms with Crippen LogP contribution in [0.3, 0.4) is 0 Å². The zero-order valence-electron chi connectivity index (χ0n) is 6.49. The monoisotopic (exact) mass is 169 g/mol. The molecule has 0 atom stereocenters. The number of nitrogens with zero attached hydrogens (tertiary/aromatic N) is 1. The number of oxime groups is 1. The van der Waals surface area contributed by atoms with E-state index in [0.29, 0.717) is 11.3 Å². The third-order valence-corrected chi connectivity index (χ3v) is 1.39. The van der Waals surface area contributed by atoms with Crippen molar-refractivity contribution in [3.8, 4) is 5.75 Å². The van der Waals surface area contributed by atoms with E-state index >= 15 is 0 Å². The number of methoxy groups -OCH3 is 1. The first-order valence-electron chi connectivity index (χ1n) is 3.29. The summed E-state index contributed by atoms with van der Waals surface area (Å²) in [4.78, 5) is 0. The van der Waals surface area contributed by atoms with Gasteiger partial charge in [-0.1, -0.05) is 5.16 Å². The Morgan fingerprint density at radius 2 is 2.33 bits per heavy atom. The molecule has 0 amide bonds. The highest BCUT2D eigenvalue weighted by atomic mass is 19.1. The molecule has 0 unspecified atom stereocenters. The maximum absolute atomic E-state index is 12.6. The van der Waals surface area contributed by atoms with E-state index in [1.807, 2.05) is 0 Å². The third kappa shape index (κ3) is 1.72. The summed E-state index contributed by atoms with van der Waals surface area (Å²) in [5.74, 6) is 0.0694. The van der Waals surface area contributed by atoms with Crippen LogP contribution in [0, 0.1) is 5.82 Å². The number of benzene rings is 1. The Balaban J connectivity index is 3.12. The standard InChI is InChI=1S/C8H8FNO2/c1-12-8-3-2-7(9)4-6(8)5-10-11/h2-5,11H,1H3/b10-5+. The molecule has 1 aromatic carbocycles. The second-order valence-electron chi connectivity index (χ2n) is 2.13. The molecule has 0 saturated heterocycles. The van der Waals surface area contributed by atoms with Crippen LogP contribution in [0.2, 0.25) is 0 Å². The van der Waals surface area contributed by atoms with Crippen molar-refractivity contribution in [2.75, 3.05) is 7.11 Å². The molecule has 0 heterocycles. The van der Waals surface area contributed by atoms with Gasteiger partial charge >= 0.3 is 0 Å². The van der Waals surface area contributed by atoms with Crippen LogP contribution in [-0.4, -0.2) is 18.5 Å². The average Bonchev–Trinajstić information content (AvgIpc) is 2.05. The molecule has 0 saturated carbocycles. The number of halogens is 1. The predicted octanol–water partition coefficient (Wildman–Crippen LogP) is 1.64. The van der Waals surface area contributed by atoms with Gasteiger partial charge in [-0.05, 0) is 18.2 Å². The zero-order chi connectivity index (χ0) is 8.97. The van der Waals surface area contributed by atoms with Gasteiger partial charge in [0, 0.05) is 5.56 Å². The first-order valence-corrected chi connectivity index (χ1v) is 3.29. The summed E-state index contributed by atoms with van der Waals surface area (Å²) < 4.78 is 17.5. The smallest absolute Gasteiger partial charge is 0.127 e. The van der Waals surface area contributed by atoms with Gasteiger partial charge in [0.15, 0.2) is 0 Å². The fraction of sp³-hybridized carbons (Fsp3) is 0.125. The SMILES string of the molecule is COc1ccc(F)cc1/C=N/O. The molecular weight excluding hydrogens is 161 g/mol. The summed E-state index contributed by atoms with van der Waals surface area (Å²) in [5, 5.41) is 11.0. The summed E-state index contributed by atoms with van der Waals surface area (Å²) in [5.41, 5.74) is 0.403. The highest BCUT2D eigenvalue weighted by Crippen LogP contribution is 2.16. The van der Waals surface area contributed by atoms with Gasteiger partial charge in [-0.3, -0.25) is 0 Å². The van der Waals surface area contributed by atoms with Gasteiger partial charge in [-0.2, -0.15) is 0 Å². The van der Waals surface area contributed by atoms with Gasteiger partial charge in [0.2, 0.25) is 0 Å². The fourth-order valence-corrected chi connectivity index (χ4v) is 0.868. The van der Waals surface area contributed by atoms with Crippen molar-refractivity contribution in [1.29, 1.82) is 0 Å². The Labute approximate surface area is 69.1 Å². The van der Waals surface area contributed by atoms with Crippen LogP contribution < -0.4 is 4.74 Å². The van der Waals surface area contributed by atoms with Crippen molar-refractivity contribution < 1.29 is 14.3 Å². The van der Waals surface area contributed by atoms with E-state index < -0.39 is 5.82 Å². The van der Waals surface area contributed by atoms with E-state index in [2.05, 4.69) is 5.16 Å². The number of hydrogen-bond acceptors (Lipinski definition) is 3. The molecule has 64 valence electrons. The molecular formula is C8H8FNO2. The van der Waals surface area contributed by atoms with Crippen LogP contribution in [0.5, 0.6) is 5.75 Å². The van der Waals surface area contributed by atoms with E-state index in [0.717, 1.165) is 6.21 Å². The Morgan fingerprint density at radius 1 is 1.58 bits per heavy atom. The van der Waals surface area contributed by atoms with Crippen LogP contribution >= 0.6 is 0 Å². The maximum Gasteiger partial charge on any atom is 0.127 e. The summed E-state index contributed by atoms with van der Waals surface area (Å²) in [6.45, 7) is 0. The van der Waals surface area contributed by atoms with Crippen molar-refractivity contribution in [1.82, 2.24) is 0 Å². The largest absolute Gasteiger partial charge is 0.496 e. The van der Waals surface area contributed by atoms with Crippen molar-refractivity contribution in [3.63, 3.8) is 0 Å². The molecule has 0 bridgehead atoms. The molecule has 12 heavy (non-hydrogen) atoms. The van der Waals surface area contributed by atoms with Crippen LogP contribution in [0.1, 0.15) is 5.56 Å². The Bertz CT molecular complexity index is 299. The summed E-state index contributed by atoms with van der Waals surface area (Å²) in [6, 6.07) is 3.96. The van der Waals surface area contributed by atoms with Crippen LogP contribution in [0.15, 0.2) is 23.4 Å². The molecule has 1 N–H and O–H groups in total. The van der Waals surface area contributed by atoms with Crippen molar-refractivity contribution >= 4 is 6.21 Å². The molecule has 3 nitrogen and oxygen atoms in total. The maximum atomic E-state index is 12.6. The van der Waals surface area contributed by atoms with Crippen molar-refractivity contribution in [3.05, 3.63) is 29.6 Å². The highest BCUT2D eigenvalue weighted by molar-refractivity contribution is 5.82. The first kappa shape index (κ1) is 8.52.